The SMILES string of the molecule is CC[SiH](CC)[Ti+2]([NH]C(=O)C1CC2CCC1C2)[C]1=C(C)C(C)=C(C)C1C.[Cl-].[Cl-]. The predicted molar refractivity (Wildman–Crippen MR) is 105 cm³/mol. The Kier molecular flexibility index (Phi) is 9.90. The van der Waals surface area contributed by atoms with Gasteiger partial charge >= 0.3 is 162 Å². The fourth-order valence-corrected chi connectivity index (χ4v) is 20.0. The Hall–Kier alpha value is 0.461. The Morgan fingerprint density at radius 2 is 1.70 bits per heavy atom. The van der Waals surface area contributed by atoms with Gasteiger partial charge in [-0.15, -0.1) is 0 Å². The van der Waals surface area contributed by atoms with Gasteiger partial charge in [0.15, 0.2) is 0 Å². The smallest absolute Gasteiger partial charge is 1.00 e. The number of rotatable bonds is 6. The van der Waals surface area contributed by atoms with Crippen LogP contribution in [0.3, 0.4) is 0 Å². The van der Waals surface area contributed by atoms with E-state index in [0.717, 1.165) is 5.92 Å². The second-order valence-corrected chi connectivity index (χ2v) is 20.5. The Bertz CT molecular complexity index is 617. The van der Waals surface area contributed by atoms with Crippen LogP contribution in [0, 0.1) is 23.7 Å². The fourth-order valence-electron chi connectivity index (χ4n) is 5.68. The second-order valence-electron chi connectivity index (χ2n) is 8.77. The van der Waals surface area contributed by atoms with Crippen LogP contribution in [0.4, 0.5) is 0 Å². The first-order chi connectivity index (χ1) is 11.9. The van der Waals surface area contributed by atoms with E-state index in [4.69, 9.17) is 0 Å². The molecule has 3 aliphatic carbocycles. The zero-order chi connectivity index (χ0) is 18.3. The van der Waals surface area contributed by atoms with Gasteiger partial charge in [-0.05, 0) is 0 Å². The topological polar surface area (TPSA) is 29.1 Å². The molecule has 27 heavy (non-hydrogen) atoms. The molecule has 0 heterocycles. The number of allylic oxidation sites excluding steroid dienone is 4. The van der Waals surface area contributed by atoms with E-state index in [9.17, 15) is 4.79 Å². The number of carbonyl (C=O) groups excluding carboxylic acids is 1. The van der Waals surface area contributed by atoms with Gasteiger partial charge in [0.1, 0.15) is 0 Å². The Balaban J connectivity index is 0.00000182. The van der Waals surface area contributed by atoms with Crippen LogP contribution in [-0.2, 0) is 22.2 Å². The Morgan fingerprint density at radius 3 is 2.11 bits per heavy atom. The number of amides is 1. The van der Waals surface area contributed by atoms with Crippen molar-refractivity contribution in [3.63, 3.8) is 0 Å². The quantitative estimate of drug-likeness (QED) is 0.507. The van der Waals surface area contributed by atoms with Gasteiger partial charge in [-0.3, -0.25) is 0 Å². The maximum atomic E-state index is 13.2. The zero-order valence-electron chi connectivity index (χ0n) is 17.8. The normalized spacial score (nSPS) is 29.1. The maximum absolute atomic E-state index is 13.2. The van der Waals surface area contributed by atoms with Crippen molar-refractivity contribution in [3.8, 4) is 0 Å². The molecule has 0 aliphatic heterocycles. The van der Waals surface area contributed by atoms with Crippen molar-refractivity contribution in [1.29, 1.82) is 0 Å². The summed E-state index contributed by atoms with van der Waals surface area (Å²) in [4.78, 5) is 13.2. The molecule has 4 unspecified atom stereocenters. The summed E-state index contributed by atoms with van der Waals surface area (Å²) in [6.07, 6.45) is 5.19. The van der Waals surface area contributed by atoms with Crippen molar-refractivity contribution in [2.24, 2.45) is 23.7 Å². The van der Waals surface area contributed by atoms with Crippen LogP contribution in [-0.4, -0.2) is 12.6 Å². The number of carbonyl (C=O) groups is 1. The molecule has 0 radical (unpaired) electrons. The average molecular weight is 465 g/mol. The monoisotopic (exact) mass is 464 g/mol. The molecule has 6 heteroatoms. The van der Waals surface area contributed by atoms with E-state index < -0.39 is 24.0 Å². The number of fused-ring (bicyclic) bond motifs is 2. The van der Waals surface area contributed by atoms with Gasteiger partial charge in [-0.1, -0.05) is 0 Å². The van der Waals surface area contributed by atoms with Crippen LogP contribution >= 0.6 is 0 Å². The van der Waals surface area contributed by atoms with E-state index in [-0.39, 0.29) is 24.8 Å². The zero-order valence-corrected chi connectivity index (χ0v) is 22.0. The van der Waals surface area contributed by atoms with E-state index in [1.807, 2.05) is 0 Å². The van der Waals surface area contributed by atoms with E-state index in [1.165, 1.54) is 48.9 Å². The van der Waals surface area contributed by atoms with Crippen LogP contribution < -0.4 is 28.6 Å². The van der Waals surface area contributed by atoms with E-state index in [0.29, 0.717) is 23.7 Å². The van der Waals surface area contributed by atoms with Crippen molar-refractivity contribution in [2.75, 3.05) is 0 Å². The van der Waals surface area contributed by atoms with Crippen LogP contribution in [0.1, 0.15) is 67.2 Å². The third-order valence-corrected chi connectivity index (χ3v) is 22.9. The van der Waals surface area contributed by atoms with Crippen LogP contribution in [0.2, 0.25) is 12.1 Å². The van der Waals surface area contributed by atoms with Gasteiger partial charge < -0.3 is 24.8 Å². The molecule has 0 saturated heterocycles. The van der Waals surface area contributed by atoms with E-state index in [2.05, 4.69) is 45.3 Å². The minimum atomic E-state index is -1.70. The van der Waals surface area contributed by atoms with Gasteiger partial charge in [-0.25, -0.2) is 0 Å². The summed E-state index contributed by atoms with van der Waals surface area (Å²) in [6, 6.07) is 2.68. The van der Waals surface area contributed by atoms with Crippen molar-refractivity contribution in [3.05, 3.63) is 20.6 Å². The molecule has 2 nitrogen and oxygen atoms in total. The van der Waals surface area contributed by atoms with E-state index >= 15 is 0 Å². The largest absolute Gasteiger partial charge is 1.00 e. The van der Waals surface area contributed by atoms with Gasteiger partial charge in [0.25, 0.3) is 0 Å². The Morgan fingerprint density at radius 1 is 1.07 bits per heavy atom. The molecular weight excluding hydrogens is 429 g/mol. The fraction of sp³-hybridized carbons (Fsp3) is 0.762. The predicted octanol–water partition coefficient (Wildman–Crippen LogP) is -0.896. The molecule has 0 aromatic heterocycles. The molecule has 4 atom stereocenters. The van der Waals surface area contributed by atoms with Gasteiger partial charge in [0.2, 0.25) is 0 Å². The van der Waals surface area contributed by atoms with Crippen molar-refractivity contribution >= 4 is 12.6 Å². The van der Waals surface area contributed by atoms with Crippen LogP contribution in [0.5, 0.6) is 0 Å². The molecule has 2 bridgehead atoms. The summed E-state index contributed by atoms with van der Waals surface area (Å²) in [5, 5.41) is 0. The summed E-state index contributed by atoms with van der Waals surface area (Å²) in [7, 11) is 0. The number of hydrogen-bond acceptors (Lipinski definition) is 1. The number of hydrogen-bond donors (Lipinski definition) is 1. The molecule has 2 fully saturated rings. The minimum Gasteiger partial charge on any atom is -1.00 e. The number of halogens is 2. The average Bonchev–Trinajstić information content (AvgIpc) is 3.28. The third-order valence-electron chi connectivity index (χ3n) is 7.66. The minimum absolute atomic E-state index is 0. The van der Waals surface area contributed by atoms with Gasteiger partial charge in [0.05, 0.1) is 0 Å². The summed E-state index contributed by atoms with van der Waals surface area (Å²) >= 11 is -1.70. The summed E-state index contributed by atoms with van der Waals surface area (Å²) in [5.41, 5.74) is 4.58. The molecule has 0 aromatic rings. The molecule has 153 valence electrons. The third kappa shape index (κ3) is 4.80. The maximum Gasteiger partial charge on any atom is -1.00 e. The molecular formula is C21H36Cl2NOSiTi. The van der Waals surface area contributed by atoms with Crippen molar-refractivity contribution < 1.29 is 47.0 Å². The molecule has 1 N–H and O–H groups in total. The summed E-state index contributed by atoms with van der Waals surface area (Å²) in [6.45, 7) is 13.2. The summed E-state index contributed by atoms with van der Waals surface area (Å²) < 4.78 is 5.51. The first kappa shape index (κ1) is 25.5. The molecule has 1 amide bonds. The standard InChI is InChI=1S/C9H13.C8H13NO.C4H11Si.2ClH.Ti/c1-6-5-7(2)9(4)8(6)3;9-8(10)7-4-5-1-2-6(7)3-5;1-3-5-4-2;;;/h6H,1-4H3;5-7H,1-4H2,(H2,9,10);5H,3-4H2,1-2H3;2*1H;/q;;;;;+3/p-3. The van der Waals surface area contributed by atoms with Crippen LogP contribution in [0.25, 0.3) is 0 Å². The molecule has 2 saturated carbocycles. The molecule has 3 aliphatic rings. The van der Waals surface area contributed by atoms with Gasteiger partial charge in [0, 0.05) is 0 Å². The Labute approximate surface area is 186 Å². The van der Waals surface area contributed by atoms with Crippen molar-refractivity contribution in [1.82, 2.24) is 3.80 Å². The first-order valence-corrected chi connectivity index (χ1v) is 16.9. The second kappa shape index (κ2) is 10.5. The van der Waals surface area contributed by atoms with Crippen molar-refractivity contribution in [2.45, 2.75) is 79.3 Å². The molecule has 0 aromatic carbocycles. The van der Waals surface area contributed by atoms with Gasteiger partial charge in [-0.2, -0.15) is 0 Å². The summed E-state index contributed by atoms with van der Waals surface area (Å²) in [5.74, 6) is 2.93. The van der Waals surface area contributed by atoms with Crippen LogP contribution in [0.15, 0.2) is 20.6 Å². The number of nitrogens with one attached hydrogen (secondary N) is 1. The van der Waals surface area contributed by atoms with E-state index in [1.54, 1.807) is 9.45 Å². The molecule has 0 spiro atoms. The first-order valence-electron chi connectivity index (χ1n) is 10.4. The molecule has 3 rings (SSSR count).